The first-order valence-corrected chi connectivity index (χ1v) is 8.76. The second-order valence-corrected chi connectivity index (χ2v) is 7.06. The Morgan fingerprint density at radius 2 is 1.79 bits per heavy atom. The van der Waals surface area contributed by atoms with Gasteiger partial charge in [-0.25, -0.2) is 4.90 Å². The van der Waals surface area contributed by atoms with E-state index < -0.39 is 16.4 Å². The van der Waals surface area contributed by atoms with Crippen molar-refractivity contribution in [2.45, 2.75) is 32.3 Å². The van der Waals surface area contributed by atoms with Gasteiger partial charge in [-0.05, 0) is 25.0 Å². The van der Waals surface area contributed by atoms with E-state index in [4.69, 9.17) is 4.84 Å². The summed E-state index contributed by atoms with van der Waals surface area (Å²) >= 11 is 0. The SMILES string of the molecule is Cc1cccc(C)c1N1C(=O)C[C@]2(CC(c3cccc([N+](=O)[O-])c3)=NO2)C1=O. The second-order valence-electron chi connectivity index (χ2n) is 7.06. The van der Waals surface area contributed by atoms with E-state index in [1.54, 1.807) is 12.1 Å². The highest BCUT2D eigenvalue weighted by molar-refractivity contribution is 6.26. The molecular weight excluding hydrogens is 362 g/mol. The normalized spacial score (nSPS) is 21.2. The van der Waals surface area contributed by atoms with E-state index in [0.29, 0.717) is 17.0 Å². The topological polar surface area (TPSA) is 102 Å². The number of non-ortho nitro benzene ring substituents is 1. The Morgan fingerprint density at radius 1 is 1.11 bits per heavy atom. The number of aryl methyl sites for hydroxylation is 2. The highest BCUT2D eigenvalue weighted by Crippen LogP contribution is 2.41. The molecule has 0 aromatic heterocycles. The van der Waals surface area contributed by atoms with Gasteiger partial charge in [0.25, 0.3) is 11.6 Å². The summed E-state index contributed by atoms with van der Waals surface area (Å²) in [6.45, 7) is 3.68. The first-order chi connectivity index (χ1) is 13.3. The zero-order valence-corrected chi connectivity index (χ0v) is 15.3. The Hall–Kier alpha value is -3.55. The van der Waals surface area contributed by atoms with Crippen molar-refractivity contribution in [1.29, 1.82) is 0 Å². The fraction of sp³-hybridized carbons (Fsp3) is 0.250. The lowest BCUT2D eigenvalue weighted by Gasteiger charge is -2.22. The number of amides is 2. The number of para-hydroxylation sites is 1. The van der Waals surface area contributed by atoms with Crippen LogP contribution in [0.4, 0.5) is 11.4 Å². The lowest BCUT2D eigenvalue weighted by molar-refractivity contribution is -0.384. The number of nitrogens with zero attached hydrogens (tertiary/aromatic N) is 3. The van der Waals surface area contributed by atoms with Gasteiger partial charge in [-0.1, -0.05) is 35.5 Å². The molecule has 0 radical (unpaired) electrons. The minimum atomic E-state index is -1.40. The summed E-state index contributed by atoms with van der Waals surface area (Å²) in [6.07, 6.45) is -0.0400. The van der Waals surface area contributed by atoms with E-state index in [1.165, 1.54) is 17.0 Å². The summed E-state index contributed by atoms with van der Waals surface area (Å²) in [6, 6.07) is 11.5. The number of rotatable bonds is 3. The summed E-state index contributed by atoms with van der Waals surface area (Å²) in [7, 11) is 0. The van der Waals surface area contributed by atoms with E-state index in [0.717, 1.165) is 11.1 Å². The average Bonchev–Trinajstić information content (AvgIpc) is 3.18. The number of hydrogen-bond acceptors (Lipinski definition) is 6. The van der Waals surface area contributed by atoms with Crippen LogP contribution in [0.5, 0.6) is 0 Å². The molecule has 1 atom stereocenters. The number of carbonyl (C=O) groups is 2. The zero-order valence-electron chi connectivity index (χ0n) is 15.3. The molecule has 28 heavy (non-hydrogen) atoms. The third-order valence-corrected chi connectivity index (χ3v) is 5.12. The summed E-state index contributed by atoms with van der Waals surface area (Å²) in [5, 5.41) is 15.0. The van der Waals surface area contributed by atoms with E-state index in [9.17, 15) is 19.7 Å². The molecule has 8 nitrogen and oxygen atoms in total. The molecule has 0 unspecified atom stereocenters. The molecule has 1 fully saturated rings. The van der Waals surface area contributed by atoms with Crippen molar-refractivity contribution in [2.75, 3.05) is 4.90 Å². The summed E-state index contributed by atoms with van der Waals surface area (Å²) < 4.78 is 0. The monoisotopic (exact) mass is 379 g/mol. The Bertz CT molecular complexity index is 1040. The lowest BCUT2D eigenvalue weighted by Crippen LogP contribution is -2.41. The minimum absolute atomic E-state index is 0.0767. The summed E-state index contributed by atoms with van der Waals surface area (Å²) in [4.78, 5) is 43.1. The minimum Gasteiger partial charge on any atom is -0.378 e. The highest BCUT2D eigenvalue weighted by Gasteiger charge is 2.58. The Balaban J connectivity index is 1.65. The Morgan fingerprint density at radius 3 is 2.46 bits per heavy atom. The van der Waals surface area contributed by atoms with Crippen molar-refractivity contribution in [3.05, 3.63) is 69.3 Å². The quantitative estimate of drug-likeness (QED) is 0.463. The van der Waals surface area contributed by atoms with Gasteiger partial charge >= 0.3 is 0 Å². The molecule has 142 valence electrons. The second kappa shape index (κ2) is 6.26. The van der Waals surface area contributed by atoms with Gasteiger partial charge in [-0.2, -0.15) is 0 Å². The molecule has 2 aromatic carbocycles. The van der Waals surface area contributed by atoms with Gasteiger partial charge in [0.05, 0.1) is 22.7 Å². The van der Waals surface area contributed by atoms with Crippen molar-refractivity contribution < 1.29 is 19.3 Å². The van der Waals surface area contributed by atoms with Crippen LogP contribution in [-0.2, 0) is 14.4 Å². The molecule has 2 heterocycles. The molecule has 4 rings (SSSR count). The molecule has 1 spiro atoms. The average molecular weight is 379 g/mol. The van der Waals surface area contributed by atoms with Crippen molar-refractivity contribution in [3.63, 3.8) is 0 Å². The van der Waals surface area contributed by atoms with Crippen LogP contribution in [0.3, 0.4) is 0 Å². The number of carbonyl (C=O) groups excluding carboxylic acids is 2. The van der Waals surface area contributed by atoms with Gasteiger partial charge < -0.3 is 4.84 Å². The van der Waals surface area contributed by atoms with Crippen LogP contribution in [0, 0.1) is 24.0 Å². The van der Waals surface area contributed by atoms with Crippen LogP contribution >= 0.6 is 0 Å². The number of nitro benzene ring substituents is 1. The predicted octanol–water partition coefficient (Wildman–Crippen LogP) is 3.04. The van der Waals surface area contributed by atoms with Crippen molar-refractivity contribution >= 4 is 28.9 Å². The van der Waals surface area contributed by atoms with Crippen molar-refractivity contribution in [3.8, 4) is 0 Å². The number of imide groups is 1. The fourth-order valence-corrected chi connectivity index (χ4v) is 3.74. The lowest BCUT2D eigenvalue weighted by atomic mass is 9.92. The smallest absolute Gasteiger partial charge is 0.281 e. The number of hydrogen-bond donors (Lipinski definition) is 0. The first kappa shape index (κ1) is 17.8. The van der Waals surface area contributed by atoms with Gasteiger partial charge in [0, 0.05) is 24.1 Å². The Kier molecular flexibility index (Phi) is 3.99. The van der Waals surface area contributed by atoms with E-state index in [2.05, 4.69) is 5.16 Å². The summed E-state index contributed by atoms with van der Waals surface area (Å²) in [5.41, 5.74) is 1.64. The molecule has 0 aliphatic carbocycles. The van der Waals surface area contributed by atoms with Crippen LogP contribution in [0.15, 0.2) is 47.6 Å². The van der Waals surface area contributed by atoms with Gasteiger partial charge in [0.1, 0.15) is 0 Å². The molecular formula is C20H17N3O5. The van der Waals surface area contributed by atoms with Crippen molar-refractivity contribution in [1.82, 2.24) is 0 Å². The maximum Gasteiger partial charge on any atom is 0.281 e. The molecule has 2 aliphatic heterocycles. The van der Waals surface area contributed by atoms with Gasteiger partial charge in [0.2, 0.25) is 11.5 Å². The number of oxime groups is 1. The molecule has 1 saturated heterocycles. The van der Waals surface area contributed by atoms with Crippen LogP contribution in [0.2, 0.25) is 0 Å². The standard InChI is InChI=1S/C20H17N3O5/c1-12-5-3-6-13(2)18(12)22-17(24)11-20(19(22)25)10-16(21-28-20)14-7-4-8-15(9-14)23(26)27/h3-9H,10-11H2,1-2H3/t20-/m1/s1. The molecule has 2 aliphatic rings. The predicted molar refractivity (Wildman–Crippen MR) is 101 cm³/mol. The van der Waals surface area contributed by atoms with Crippen LogP contribution in [0.1, 0.15) is 29.5 Å². The maximum atomic E-state index is 13.2. The zero-order chi connectivity index (χ0) is 20.1. The third-order valence-electron chi connectivity index (χ3n) is 5.12. The van der Waals surface area contributed by atoms with E-state index >= 15 is 0 Å². The third kappa shape index (κ3) is 2.65. The molecule has 2 aromatic rings. The highest BCUT2D eigenvalue weighted by atomic mass is 16.7. The van der Waals surface area contributed by atoms with E-state index in [1.807, 2.05) is 32.0 Å². The van der Waals surface area contributed by atoms with Crippen LogP contribution in [0.25, 0.3) is 0 Å². The number of anilines is 1. The van der Waals surface area contributed by atoms with Crippen LogP contribution < -0.4 is 4.90 Å². The molecule has 2 amide bonds. The van der Waals surface area contributed by atoms with Gasteiger partial charge in [-0.3, -0.25) is 19.7 Å². The van der Waals surface area contributed by atoms with Gasteiger partial charge in [-0.15, -0.1) is 0 Å². The number of benzene rings is 2. The first-order valence-electron chi connectivity index (χ1n) is 8.76. The Labute approximate surface area is 160 Å². The van der Waals surface area contributed by atoms with Crippen LogP contribution in [-0.4, -0.2) is 28.1 Å². The van der Waals surface area contributed by atoms with Gasteiger partial charge in [0.15, 0.2) is 0 Å². The number of nitro groups is 1. The molecule has 0 N–H and O–H groups in total. The summed E-state index contributed by atoms with van der Waals surface area (Å²) in [5.74, 6) is -0.808. The van der Waals surface area contributed by atoms with Crippen molar-refractivity contribution in [2.24, 2.45) is 5.16 Å². The molecule has 0 bridgehead atoms. The molecule has 0 saturated carbocycles. The van der Waals surface area contributed by atoms with E-state index in [-0.39, 0.29) is 24.4 Å². The molecule has 8 heteroatoms. The maximum absolute atomic E-state index is 13.2. The largest absolute Gasteiger partial charge is 0.378 e. The fourth-order valence-electron chi connectivity index (χ4n) is 3.74.